The molecule has 0 N–H and O–H groups in total. The molecule has 11 nitrogen and oxygen atoms in total. The second kappa shape index (κ2) is 10.2. The van der Waals surface area contributed by atoms with Gasteiger partial charge in [-0.1, -0.05) is 23.7 Å². The van der Waals surface area contributed by atoms with Crippen molar-refractivity contribution in [1.82, 2.24) is 29.4 Å². The highest BCUT2D eigenvalue weighted by Crippen LogP contribution is 2.31. The summed E-state index contributed by atoms with van der Waals surface area (Å²) in [6, 6.07) is 6.72. The van der Waals surface area contributed by atoms with E-state index in [1.54, 1.807) is 41.6 Å². The first-order valence-corrected chi connectivity index (χ1v) is 13.9. The molecule has 1 aromatic carbocycles. The van der Waals surface area contributed by atoms with E-state index in [9.17, 15) is 18.0 Å². The second-order valence-electron chi connectivity index (χ2n) is 8.89. The Kier molecular flexibility index (Phi) is 6.95. The molecule has 0 saturated carbocycles. The van der Waals surface area contributed by atoms with E-state index in [-0.39, 0.29) is 23.7 Å². The monoisotopic (exact) mass is 554 g/mol. The average molecular weight is 555 g/mol. The maximum atomic E-state index is 13.8. The van der Waals surface area contributed by atoms with Crippen LogP contribution >= 0.6 is 11.6 Å². The number of halogens is 1. The molecule has 4 heterocycles. The number of ether oxygens (including phenoxy) is 1. The van der Waals surface area contributed by atoms with Crippen LogP contribution < -0.4 is 5.56 Å². The van der Waals surface area contributed by atoms with Crippen molar-refractivity contribution in [1.29, 1.82) is 0 Å². The van der Waals surface area contributed by atoms with Gasteiger partial charge in [-0.25, -0.2) is 18.4 Å². The number of carbonyl (C=O) groups excluding carboxylic acids is 1. The third-order valence-corrected chi connectivity index (χ3v) is 7.28. The number of nitrogens with zero attached hydrogens (tertiary/aromatic N) is 6. The van der Waals surface area contributed by atoms with E-state index in [1.807, 2.05) is 6.92 Å². The zero-order chi connectivity index (χ0) is 27.0. The molecule has 0 bridgehead atoms. The van der Waals surface area contributed by atoms with Crippen molar-refractivity contribution in [2.75, 3.05) is 32.6 Å². The first-order valence-electron chi connectivity index (χ1n) is 11.7. The number of rotatable bonds is 5. The van der Waals surface area contributed by atoms with Crippen LogP contribution in [-0.2, 0) is 25.9 Å². The fraction of sp³-hybridized carbons (Fsp3) is 0.280. The van der Waals surface area contributed by atoms with Gasteiger partial charge in [-0.05, 0) is 19.1 Å². The summed E-state index contributed by atoms with van der Waals surface area (Å²) in [6.07, 6.45) is 5.56. The first-order chi connectivity index (χ1) is 18.1. The van der Waals surface area contributed by atoms with E-state index >= 15 is 0 Å². The number of fused-ring (bicyclic) bond motifs is 1. The fourth-order valence-electron chi connectivity index (χ4n) is 4.21. The SMILES string of the molecule is Cc1cncc(-c2ccc(-c3cc4cnc(S(C)(=O)=O)nc4n(CC(=O)N4CCOCC4)c3=O)c(Cl)c2)n1. The highest BCUT2D eigenvalue weighted by atomic mass is 35.5. The van der Waals surface area contributed by atoms with Crippen molar-refractivity contribution in [3.63, 3.8) is 0 Å². The summed E-state index contributed by atoms with van der Waals surface area (Å²) in [7, 11) is -3.76. The van der Waals surface area contributed by atoms with Gasteiger partial charge in [0.25, 0.3) is 5.56 Å². The summed E-state index contributed by atoms with van der Waals surface area (Å²) in [5.41, 5.74) is 2.25. The number of hydrogen-bond acceptors (Lipinski definition) is 9. The summed E-state index contributed by atoms with van der Waals surface area (Å²) < 4.78 is 30.7. The second-order valence-corrected chi connectivity index (χ2v) is 11.2. The van der Waals surface area contributed by atoms with Gasteiger partial charge in [-0.2, -0.15) is 4.98 Å². The molecule has 13 heteroatoms. The van der Waals surface area contributed by atoms with Crippen LogP contribution in [0.4, 0.5) is 0 Å². The van der Waals surface area contributed by atoms with Crippen LogP contribution in [0.5, 0.6) is 0 Å². The Morgan fingerprint density at radius 2 is 1.84 bits per heavy atom. The van der Waals surface area contributed by atoms with Crippen LogP contribution in [-0.4, -0.2) is 76.3 Å². The predicted octanol–water partition coefficient (Wildman–Crippen LogP) is 2.14. The number of sulfone groups is 1. The van der Waals surface area contributed by atoms with Crippen molar-refractivity contribution in [2.24, 2.45) is 0 Å². The quantitative estimate of drug-likeness (QED) is 0.340. The van der Waals surface area contributed by atoms with Crippen LogP contribution in [0, 0.1) is 6.92 Å². The Morgan fingerprint density at radius 3 is 2.53 bits per heavy atom. The molecular weight excluding hydrogens is 532 g/mol. The number of pyridine rings is 1. The Morgan fingerprint density at radius 1 is 1.08 bits per heavy atom. The first kappa shape index (κ1) is 25.9. The minimum atomic E-state index is -3.76. The Bertz CT molecular complexity index is 1730. The van der Waals surface area contributed by atoms with E-state index in [4.69, 9.17) is 16.3 Å². The molecule has 38 heavy (non-hydrogen) atoms. The Balaban J connectivity index is 1.65. The van der Waals surface area contributed by atoms with E-state index in [1.165, 1.54) is 10.8 Å². The molecule has 0 atom stereocenters. The maximum absolute atomic E-state index is 13.8. The summed E-state index contributed by atoms with van der Waals surface area (Å²) in [6.45, 7) is 3.08. The van der Waals surface area contributed by atoms with Gasteiger partial charge in [-0.15, -0.1) is 0 Å². The molecule has 3 aromatic heterocycles. The normalized spacial score (nSPS) is 14.1. The topological polar surface area (TPSA) is 137 Å². The molecule has 0 unspecified atom stereocenters. The average Bonchev–Trinajstić information content (AvgIpc) is 2.90. The fourth-order valence-corrected chi connectivity index (χ4v) is 4.98. The van der Waals surface area contributed by atoms with Gasteiger partial charge in [0, 0.05) is 58.8 Å². The zero-order valence-corrected chi connectivity index (χ0v) is 22.2. The zero-order valence-electron chi connectivity index (χ0n) is 20.6. The molecule has 4 aromatic rings. The largest absolute Gasteiger partial charge is 0.378 e. The lowest BCUT2D eigenvalue weighted by Crippen LogP contribution is -2.43. The van der Waals surface area contributed by atoms with Crippen LogP contribution in [0.2, 0.25) is 5.02 Å². The van der Waals surface area contributed by atoms with Crippen molar-refractivity contribution < 1.29 is 17.9 Å². The molecule has 0 radical (unpaired) electrons. The number of amides is 1. The van der Waals surface area contributed by atoms with Crippen LogP contribution in [0.15, 0.2) is 52.8 Å². The van der Waals surface area contributed by atoms with Gasteiger partial charge in [0.05, 0.1) is 30.8 Å². The minimum absolute atomic E-state index is 0.0403. The van der Waals surface area contributed by atoms with E-state index in [0.717, 1.165) is 17.5 Å². The number of carbonyl (C=O) groups is 1. The lowest BCUT2D eigenvalue weighted by atomic mass is 10.0. The Hall–Kier alpha value is -3.74. The van der Waals surface area contributed by atoms with Crippen molar-refractivity contribution >= 4 is 38.4 Å². The third kappa shape index (κ3) is 5.15. The molecule has 1 aliphatic rings. The summed E-state index contributed by atoms with van der Waals surface area (Å²) in [5.74, 6) is -0.312. The molecule has 1 saturated heterocycles. The number of aryl methyl sites for hydroxylation is 1. The standard InChI is InChI=1S/C25H23ClN6O5S/c1-15-11-27-13-21(29-15)16-3-4-18(20(26)10-16)19-9-17-12-28-25(38(2,35)36)30-23(17)32(24(19)34)14-22(33)31-5-7-37-8-6-31/h3-4,9-13H,5-8,14H2,1-2H3. The number of morpholine rings is 1. The van der Waals surface area contributed by atoms with Gasteiger partial charge in [0.2, 0.25) is 20.9 Å². The number of aromatic nitrogens is 5. The summed E-state index contributed by atoms with van der Waals surface area (Å²) >= 11 is 6.65. The summed E-state index contributed by atoms with van der Waals surface area (Å²) in [4.78, 5) is 45.2. The molecule has 1 fully saturated rings. The van der Waals surface area contributed by atoms with Crippen molar-refractivity contribution in [2.45, 2.75) is 18.6 Å². The summed E-state index contributed by atoms with van der Waals surface area (Å²) in [5, 5.41) is 0.236. The lowest BCUT2D eigenvalue weighted by molar-refractivity contribution is -0.135. The van der Waals surface area contributed by atoms with Gasteiger partial charge in [-0.3, -0.25) is 19.1 Å². The molecular formula is C25H23ClN6O5S. The highest BCUT2D eigenvalue weighted by Gasteiger charge is 2.23. The van der Waals surface area contributed by atoms with Gasteiger partial charge in [0.15, 0.2) is 0 Å². The van der Waals surface area contributed by atoms with Crippen LogP contribution in [0.1, 0.15) is 5.69 Å². The molecule has 196 valence electrons. The smallest absolute Gasteiger partial charge is 0.260 e. The molecule has 1 aliphatic heterocycles. The highest BCUT2D eigenvalue weighted by molar-refractivity contribution is 7.90. The van der Waals surface area contributed by atoms with Crippen LogP contribution in [0.3, 0.4) is 0 Å². The van der Waals surface area contributed by atoms with Gasteiger partial charge >= 0.3 is 0 Å². The predicted molar refractivity (Wildman–Crippen MR) is 141 cm³/mol. The molecule has 1 amide bonds. The van der Waals surface area contributed by atoms with Gasteiger partial charge < -0.3 is 9.64 Å². The number of hydrogen-bond donors (Lipinski definition) is 0. The molecule has 0 aliphatic carbocycles. The van der Waals surface area contributed by atoms with E-state index < -0.39 is 20.6 Å². The third-order valence-electron chi connectivity index (χ3n) is 6.10. The number of benzene rings is 1. The Labute approximate surface area is 223 Å². The molecule has 5 rings (SSSR count). The van der Waals surface area contributed by atoms with E-state index in [0.29, 0.717) is 48.0 Å². The van der Waals surface area contributed by atoms with Gasteiger partial charge in [0.1, 0.15) is 12.2 Å². The van der Waals surface area contributed by atoms with E-state index in [2.05, 4.69) is 19.9 Å². The maximum Gasteiger partial charge on any atom is 0.260 e. The van der Waals surface area contributed by atoms with Crippen LogP contribution in [0.25, 0.3) is 33.4 Å². The minimum Gasteiger partial charge on any atom is -0.378 e. The van der Waals surface area contributed by atoms with Crippen molar-refractivity contribution in [3.8, 4) is 22.4 Å². The lowest BCUT2D eigenvalue weighted by Gasteiger charge is -2.27. The molecule has 0 spiro atoms. The van der Waals surface area contributed by atoms with Crippen molar-refractivity contribution in [3.05, 3.63) is 63.9 Å².